The predicted molar refractivity (Wildman–Crippen MR) is 71.0 cm³/mol. The summed E-state index contributed by atoms with van der Waals surface area (Å²) in [5.41, 5.74) is 0.898. The van der Waals surface area contributed by atoms with Crippen LogP contribution in [0.5, 0.6) is 5.75 Å². The van der Waals surface area contributed by atoms with Gasteiger partial charge in [0.05, 0.1) is 0 Å². The summed E-state index contributed by atoms with van der Waals surface area (Å²) in [6, 6.07) is 9.12. The molecule has 0 amide bonds. The molecular formula is C13H13ClO2S. The van der Waals surface area contributed by atoms with Gasteiger partial charge >= 0.3 is 0 Å². The highest BCUT2D eigenvalue weighted by Crippen LogP contribution is 2.22. The van der Waals surface area contributed by atoms with Gasteiger partial charge in [0.25, 0.3) is 0 Å². The molecule has 4 heteroatoms. The highest BCUT2D eigenvalue weighted by atomic mass is 35.5. The second-order valence-electron chi connectivity index (χ2n) is 3.77. The molecule has 1 atom stereocenters. The van der Waals surface area contributed by atoms with Gasteiger partial charge in [-0.05, 0) is 42.1 Å². The third kappa shape index (κ3) is 3.46. The first-order valence-corrected chi connectivity index (χ1v) is 6.52. The topological polar surface area (TPSA) is 29.5 Å². The molecule has 1 N–H and O–H groups in total. The van der Waals surface area contributed by atoms with Crippen LogP contribution in [0.25, 0.3) is 0 Å². The Morgan fingerprint density at radius 3 is 2.88 bits per heavy atom. The Balaban J connectivity index is 1.94. The lowest BCUT2D eigenvalue weighted by atomic mass is 10.2. The van der Waals surface area contributed by atoms with E-state index in [-0.39, 0.29) is 6.61 Å². The first kappa shape index (κ1) is 12.4. The van der Waals surface area contributed by atoms with Gasteiger partial charge in [0, 0.05) is 9.90 Å². The van der Waals surface area contributed by atoms with Gasteiger partial charge in [-0.1, -0.05) is 17.7 Å². The van der Waals surface area contributed by atoms with Gasteiger partial charge in [-0.15, -0.1) is 11.3 Å². The minimum Gasteiger partial charge on any atom is -0.490 e. The number of aliphatic hydroxyl groups is 1. The van der Waals surface area contributed by atoms with Crippen molar-refractivity contribution in [2.24, 2.45) is 0 Å². The molecule has 1 aromatic heterocycles. The lowest BCUT2D eigenvalue weighted by molar-refractivity contribution is 0.108. The molecule has 2 rings (SSSR count). The van der Waals surface area contributed by atoms with Crippen molar-refractivity contribution in [3.05, 3.63) is 51.2 Å². The van der Waals surface area contributed by atoms with E-state index in [4.69, 9.17) is 16.3 Å². The van der Waals surface area contributed by atoms with Gasteiger partial charge in [-0.2, -0.15) is 0 Å². The molecule has 2 aromatic rings. The van der Waals surface area contributed by atoms with Crippen molar-refractivity contribution >= 4 is 22.9 Å². The second-order valence-corrected chi connectivity index (χ2v) is 5.33. The summed E-state index contributed by atoms with van der Waals surface area (Å²) in [6.45, 7) is 2.25. The number of thiophene rings is 1. The molecule has 2 nitrogen and oxygen atoms in total. The molecule has 0 bridgehead atoms. The van der Waals surface area contributed by atoms with E-state index < -0.39 is 6.10 Å². The average molecular weight is 269 g/mol. The Kier molecular flexibility index (Phi) is 4.05. The number of aryl methyl sites for hydroxylation is 1. The van der Waals surface area contributed by atoms with Gasteiger partial charge in [-0.25, -0.2) is 0 Å². The van der Waals surface area contributed by atoms with Crippen LogP contribution in [0.2, 0.25) is 5.02 Å². The molecule has 1 heterocycles. The van der Waals surface area contributed by atoms with Crippen LogP contribution < -0.4 is 4.74 Å². The van der Waals surface area contributed by atoms with Crippen LogP contribution in [-0.2, 0) is 0 Å². The third-order valence-electron chi connectivity index (χ3n) is 2.34. The zero-order valence-electron chi connectivity index (χ0n) is 9.39. The zero-order valence-corrected chi connectivity index (χ0v) is 11.0. The number of benzene rings is 1. The maximum absolute atomic E-state index is 9.91. The van der Waals surface area contributed by atoms with E-state index in [2.05, 4.69) is 0 Å². The van der Waals surface area contributed by atoms with Gasteiger partial charge in [-0.3, -0.25) is 0 Å². The third-order valence-corrected chi connectivity index (χ3v) is 3.45. The maximum Gasteiger partial charge on any atom is 0.120 e. The highest BCUT2D eigenvalue weighted by molar-refractivity contribution is 7.10. The highest BCUT2D eigenvalue weighted by Gasteiger charge is 2.10. The molecule has 0 aliphatic heterocycles. The van der Waals surface area contributed by atoms with E-state index >= 15 is 0 Å². The Labute approximate surface area is 109 Å². The van der Waals surface area contributed by atoms with E-state index in [0.29, 0.717) is 10.8 Å². The normalized spacial score (nSPS) is 12.4. The molecule has 0 aliphatic carbocycles. The van der Waals surface area contributed by atoms with Crippen molar-refractivity contribution in [1.29, 1.82) is 0 Å². The average Bonchev–Trinajstić information content (AvgIpc) is 2.73. The van der Waals surface area contributed by atoms with Crippen molar-refractivity contribution in [2.75, 3.05) is 6.61 Å². The Morgan fingerprint density at radius 2 is 2.24 bits per heavy atom. The van der Waals surface area contributed by atoms with Crippen molar-refractivity contribution in [3.8, 4) is 5.75 Å². The van der Waals surface area contributed by atoms with E-state index in [1.807, 2.05) is 30.5 Å². The Hall–Kier alpha value is -1.03. The fourth-order valence-electron chi connectivity index (χ4n) is 1.47. The second kappa shape index (κ2) is 5.54. The van der Waals surface area contributed by atoms with Gasteiger partial charge in [0.1, 0.15) is 18.5 Å². The maximum atomic E-state index is 9.91. The molecule has 0 radical (unpaired) electrons. The molecule has 0 saturated carbocycles. The summed E-state index contributed by atoms with van der Waals surface area (Å²) in [5.74, 6) is 0.670. The van der Waals surface area contributed by atoms with Crippen molar-refractivity contribution < 1.29 is 9.84 Å². The summed E-state index contributed by atoms with van der Waals surface area (Å²) in [7, 11) is 0. The monoisotopic (exact) mass is 268 g/mol. The summed E-state index contributed by atoms with van der Waals surface area (Å²) in [6.07, 6.45) is -0.598. The fourth-order valence-corrected chi connectivity index (χ4v) is 2.40. The standard InChI is InChI=1S/C13H13ClO2S/c1-9-5-10(8-17-9)13(15)7-16-12-4-2-3-11(14)6-12/h2-6,8,13,15H,7H2,1H3. The number of hydrogen-bond acceptors (Lipinski definition) is 3. The fraction of sp³-hybridized carbons (Fsp3) is 0.231. The first-order chi connectivity index (χ1) is 8.15. The van der Waals surface area contributed by atoms with Crippen LogP contribution in [0.1, 0.15) is 16.5 Å². The zero-order chi connectivity index (χ0) is 12.3. The SMILES string of the molecule is Cc1cc(C(O)COc2cccc(Cl)c2)cs1. The lowest BCUT2D eigenvalue weighted by Crippen LogP contribution is -2.08. The summed E-state index contributed by atoms with van der Waals surface area (Å²) in [4.78, 5) is 1.18. The molecule has 0 fully saturated rings. The smallest absolute Gasteiger partial charge is 0.120 e. The van der Waals surface area contributed by atoms with Crippen molar-refractivity contribution in [1.82, 2.24) is 0 Å². The Bertz CT molecular complexity index is 496. The lowest BCUT2D eigenvalue weighted by Gasteiger charge is -2.11. The molecule has 1 aromatic carbocycles. The summed E-state index contributed by atoms with van der Waals surface area (Å²) < 4.78 is 5.48. The largest absolute Gasteiger partial charge is 0.490 e. The van der Waals surface area contributed by atoms with Crippen LogP contribution in [-0.4, -0.2) is 11.7 Å². The molecule has 1 unspecified atom stereocenters. The van der Waals surface area contributed by atoms with Crippen molar-refractivity contribution in [3.63, 3.8) is 0 Å². The van der Waals surface area contributed by atoms with Gasteiger partial charge < -0.3 is 9.84 Å². The molecule has 17 heavy (non-hydrogen) atoms. The number of hydrogen-bond donors (Lipinski definition) is 1. The predicted octanol–water partition coefficient (Wildman–Crippen LogP) is 3.82. The summed E-state index contributed by atoms with van der Waals surface area (Å²) in [5, 5.41) is 12.5. The minimum atomic E-state index is -0.598. The van der Waals surface area contributed by atoms with E-state index in [1.165, 1.54) is 4.88 Å². The van der Waals surface area contributed by atoms with Crippen LogP contribution in [0, 0.1) is 6.92 Å². The van der Waals surface area contributed by atoms with Crippen LogP contribution in [0.15, 0.2) is 35.7 Å². The molecule has 0 saturated heterocycles. The van der Waals surface area contributed by atoms with E-state index in [1.54, 1.807) is 23.5 Å². The molecular weight excluding hydrogens is 256 g/mol. The van der Waals surface area contributed by atoms with Crippen LogP contribution >= 0.6 is 22.9 Å². The van der Waals surface area contributed by atoms with Gasteiger partial charge in [0.2, 0.25) is 0 Å². The minimum absolute atomic E-state index is 0.233. The number of aliphatic hydroxyl groups excluding tert-OH is 1. The molecule has 90 valence electrons. The van der Waals surface area contributed by atoms with E-state index in [0.717, 1.165) is 5.56 Å². The van der Waals surface area contributed by atoms with Crippen LogP contribution in [0.4, 0.5) is 0 Å². The number of halogens is 1. The molecule has 0 spiro atoms. The summed E-state index contributed by atoms with van der Waals surface area (Å²) >= 11 is 7.46. The number of rotatable bonds is 4. The first-order valence-electron chi connectivity index (χ1n) is 5.26. The van der Waals surface area contributed by atoms with Gasteiger partial charge in [0.15, 0.2) is 0 Å². The van der Waals surface area contributed by atoms with E-state index in [9.17, 15) is 5.11 Å². The Morgan fingerprint density at radius 1 is 1.41 bits per heavy atom. The van der Waals surface area contributed by atoms with Crippen LogP contribution in [0.3, 0.4) is 0 Å². The quantitative estimate of drug-likeness (QED) is 0.913. The van der Waals surface area contributed by atoms with Crippen molar-refractivity contribution in [2.45, 2.75) is 13.0 Å². The number of ether oxygens (including phenoxy) is 1. The molecule has 0 aliphatic rings.